The Morgan fingerprint density at radius 2 is 1.85 bits per heavy atom. The lowest BCUT2D eigenvalue weighted by Gasteiger charge is -1.97. The maximum atomic E-state index is 5.02. The van der Waals surface area contributed by atoms with Crippen LogP contribution in [0.15, 0.2) is 24.3 Å². The van der Waals surface area contributed by atoms with Crippen LogP contribution in [0.1, 0.15) is 5.56 Å². The van der Waals surface area contributed by atoms with Crippen molar-refractivity contribution in [2.75, 3.05) is 20.8 Å². The number of hydrogen-bond donors (Lipinski definition) is 0. The summed E-state index contributed by atoms with van der Waals surface area (Å²) in [4.78, 5) is 0. The van der Waals surface area contributed by atoms with Crippen molar-refractivity contribution >= 4 is 0 Å². The molecule has 13 heavy (non-hydrogen) atoms. The van der Waals surface area contributed by atoms with Gasteiger partial charge in [0, 0.05) is 12.7 Å². The Morgan fingerprint density at radius 3 is 2.38 bits per heavy atom. The molecule has 0 bridgehead atoms. The molecular formula is C11H12O2. The van der Waals surface area contributed by atoms with Crippen molar-refractivity contribution in [1.29, 1.82) is 0 Å². The first-order valence-corrected chi connectivity index (χ1v) is 3.98. The van der Waals surface area contributed by atoms with Crippen LogP contribution < -0.4 is 4.74 Å². The first-order valence-electron chi connectivity index (χ1n) is 3.98. The molecular weight excluding hydrogens is 164 g/mol. The molecule has 0 fully saturated rings. The van der Waals surface area contributed by atoms with Gasteiger partial charge in [0.25, 0.3) is 0 Å². The fourth-order valence-corrected chi connectivity index (χ4v) is 0.885. The van der Waals surface area contributed by atoms with Crippen LogP contribution in [0.2, 0.25) is 0 Å². The molecule has 0 amide bonds. The smallest absolute Gasteiger partial charge is 0.118 e. The van der Waals surface area contributed by atoms with E-state index in [-0.39, 0.29) is 0 Å². The molecule has 0 aliphatic carbocycles. The van der Waals surface area contributed by atoms with Gasteiger partial charge >= 0.3 is 0 Å². The Bertz CT molecular complexity index is 303. The Hall–Kier alpha value is -1.46. The Morgan fingerprint density at radius 1 is 1.15 bits per heavy atom. The SMILES string of the molecule is COCC#Cc1ccc(OC)cc1. The highest BCUT2D eigenvalue weighted by molar-refractivity contribution is 5.38. The quantitative estimate of drug-likeness (QED) is 0.638. The third kappa shape index (κ3) is 3.18. The number of rotatable bonds is 2. The highest BCUT2D eigenvalue weighted by Crippen LogP contribution is 2.09. The van der Waals surface area contributed by atoms with Gasteiger partial charge in [-0.2, -0.15) is 0 Å². The molecule has 0 radical (unpaired) electrons. The molecule has 0 atom stereocenters. The number of ether oxygens (including phenoxy) is 2. The summed E-state index contributed by atoms with van der Waals surface area (Å²) in [7, 11) is 3.27. The van der Waals surface area contributed by atoms with Gasteiger partial charge in [-0.25, -0.2) is 0 Å². The normalized spacial score (nSPS) is 8.77. The number of hydrogen-bond acceptors (Lipinski definition) is 2. The zero-order valence-electron chi connectivity index (χ0n) is 7.83. The summed E-state index contributed by atoms with van der Waals surface area (Å²) in [6.45, 7) is 0.464. The van der Waals surface area contributed by atoms with Gasteiger partial charge in [0.2, 0.25) is 0 Å². The van der Waals surface area contributed by atoms with Crippen LogP contribution in [-0.2, 0) is 4.74 Å². The maximum Gasteiger partial charge on any atom is 0.118 e. The van der Waals surface area contributed by atoms with E-state index in [2.05, 4.69) is 11.8 Å². The molecule has 0 N–H and O–H groups in total. The van der Waals surface area contributed by atoms with Crippen molar-refractivity contribution in [3.05, 3.63) is 29.8 Å². The monoisotopic (exact) mass is 176 g/mol. The summed E-state index contributed by atoms with van der Waals surface area (Å²) in [6, 6.07) is 7.61. The summed E-state index contributed by atoms with van der Waals surface area (Å²) in [6.07, 6.45) is 0. The third-order valence-electron chi connectivity index (χ3n) is 1.54. The van der Waals surface area contributed by atoms with Gasteiger partial charge in [-0.3, -0.25) is 0 Å². The molecule has 1 rings (SSSR count). The molecule has 0 aliphatic rings. The van der Waals surface area contributed by atoms with Gasteiger partial charge in [0.1, 0.15) is 12.4 Å². The lowest BCUT2D eigenvalue weighted by atomic mass is 10.2. The van der Waals surface area contributed by atoms with E-state index in [1.807, 2.05) is 24.3 Å². The van der Waals surface area contributed by atoms with Crippen LogP contribution in [0.25, 0.3) is 0 Å². The minimum Gasteiger partial charge on any atom is -0.497 e. The zero-order valence-corrected chi connectivity index (χ0v) is 7.83. The molecule has 0 unspecified atom stereocenters. The fourth-order valence-electron chi connectivity index (χ4n) is 0.885. The summed E-state index contributed by atoms with van der Waals surface area (Å²) >= 11 is 0. The van der Waals surface area contributed by atoms with Crippen LogP contribution in [0, 0.1) is 11.8 Å². The van der Waals surface area contributed by atoms with E-state index in [1.54, 1.807) is 14.2 Å². The number of methoxy groups -OCH3 is 2. The van der Waals surface area contributed by atoms with Crippen molar-refractivity contribution in [3.8, 4) is 17.6 Å². The van der Waals surface area contributed by atoms with E-state index in [9.17, 15) is 0 Å². The second-order valence-corrected chi connectivity index (χ2v) is 2.46. The fraction of sp³-hybridized carbons (Fsp3) is 0.273. The number of benzene rings is 1. The van der Waals surface area contributed by atoms with Crippen LogP contribution >= 0.6 is 0 Å². The van der Waals surface area contributed by atoms with E-state index in [4.69, 9.17) is 9.47 Å². The average molecular weight is 176 g/mol. The van der Waals surface area contributed by atoms with Crippen molar-refractivity contribution in [2.24, 2.45) is 0 Å². The molecule has 0 aromatic heterocycles. The van der Waals surface area contributed by atoms with Crippen molar-refractivity contribution in [3.63, 3.8) is 0 Å². The van der Waals surface area contributed by atoms with Crippen LogP contribution in [0.3, 0.4) is 0 Å². The van der Waals surface area contributed by atoms with Crippen LogP contribution in [0.5, 0.6) is 5.75 Å². The van der Waals surface area contributed by atoms with Gasteiger partial charge < -0.3 is 9.47 Å². The largest absolute Gasteiger partial charge is 0.497 e. The summed E-state index contributed by atoms with van der Waals surface area (Å²) in [5.41, 5.74) is 0.970. The molecule has 1 aromatic carbocycles. The third-order valence-corrected chi connectivity index (χ3v) is 1.54. The minimum absolute atomic E-state index is 0.464. The van der Waals surface area contributed by atoms with Gasteiger partial charge in [-0.1, -0.05) is 11.8 Å². The Kier molecular flexibility index (Phi) is 3.87. The molecule has 0 aliphatic heterocycles. The average Bonchev–Trinajstić information content (AvgIpc) is 2.19. The highest BCUT2D eigenvalue weighted by Gasteiger charge is 1.88. The molecule has 2 heteroatoms. The van der Waals surface area contributed by atoms with Crippen molar-refractivity contribution < 1.29 is 9.47 Å². The predicted octanol–water partition coefficient (Wildman–Crippen LogP) is 1.69. The van der Waals surface area contributed by atoms with Gasteiger partial charge in [-0.05, 0) is 24.3 Å². The second-order valence-electron chi connectivity index (χ2n) is 2.46. The second kappa shape index (κ2) is 5.23. The topological polar surface area (TPSA) is 18.5 Å². The molecule has 0 saturated heterocycles. The molecule has 2 nitrogen and oxygen atoms in total. The van der Waals surface area contributed by atoms with Crippen LogP contribution in [0.4, 0.5) is 0 Å². The predicted molar refractivity (Wildman–Crippen MR) is 51.7 cm³/mol. The first kappa shape index (κ1) is 9.63. The van der Waals surface area contributed by atoms with E-state index in [0.29, 0.717) is 6.61 Å². The van der Waals surface area contributed by atoms with E-state index >= 15 is 0 Å². The van der Waals surface area contributed by atoms with E-state index < -0.39 is 0 Å². The summed E-state index contributed by atoms with van der Waals surface area (Å²) in [5, 5.41) is 0. The van der Waals surface area contributed by atoms with Gasteiger partial charge in [0.15, 0.2) is 0 Å². The molecule has 0 saturated carbocycles. The molecule has 0 heterocycles. The lowest BCUT2D eigenvalue weighted by Crippen LogP contribution is -1.83. The first-order chi connectivity index (χ1) is 6.36. The van der Waals surface area contributed by atoms with E-state index in [1.165, 1.54) is 0 Å². The highest BCUT2D eigenvalue weighted by atomic mass is 16.5. The molecule has 1 aromatic rings. The Labute approximate surface area is 78.5 Å². The summed E-state index contributed by atoms with van der Waals surface area (Å²) in [5.74, 6) is 6.69. The van der Waals surface area contributed by atoms with Crippen LogP contribution in [-0.4, -0.2) is 20.8 Å². The maximum absolute atomic E-state index is 5.02. The van der Waals surface area contributed by atoms with E-state index in [0.717, 1.165) is 11.3 Å². The zero-order chi connectivity index (χ0) is 9.52. The van der Waals surface area contributed by atoms with Crippen molar-refractivity contribution in [2.45, 2.75) is 0 Å². The Balaban J connectivity index is 2.65. The van der Waals surface area contributed by atoms with Gasteiger partial charge in [-0.15, -0.1) is 0 Å². The molecule has 0 spiro atoms. The minimum atomic E-state index is 0.464. The van der Waals surface area contributed by atoms with Crippen molar-refractivity contribution in [1.82, 2.24) is 0 Å². The van der Waals surface area contributed by atoms with Gasteiger partial charge in [0.05, 0.1) is 7.11 Å². The molecule has 68 valence electrons. The lowest BCUT2D eigenvalue weighted by molar-refractivity contribution is 0.240. The standard InChI is InChI=1S/C11H12O2/c1-12-9-3-4-10-5-7-11(13-2)8-6-10/h5-8H,9H2,1-2H3. The summed E-state index contributed by atoms with van der Waals surface area (Å²) < 4.78 is 9.83.